The number of nitrogens with one attached hydrogen (secondary N) is 1. The van der Waals surface area contributed by atoms with Crippen LogP contribution in [0.2, 0.25) is 0 Å². The fourth-order valence-electron chi connectivity index (χ4n) is 3.44. The Morgan fingerprint density at radius 2 is 1.71 bits per heavy atom. The second-order valence-electron chi connectivity index (χ2n) is 7.68. The maximum absolute atomic E-state index is 12.8. The van der Waals surface area contributed by atoms with Gasteiger partial charge in [-0.05, 0) is 42.8 Å². The fraction of sp³-hybridized carbons (Fsp3) is 0.208. The number of ether oxygens (including phenoxy) is 1. The minimum atomic E-state index is -4.41. The summed E-state index contributed by atoms with van der Waals surface area (Å²) in [6.07, 6.45) is -3.49. The summed E-state index contributed by atoms with van der Waals surface area (Å²) in [5.74, 6) is 0.372. The van der Waals surface area contributed by atoms with Crippen LogP contribution in [-0.4, -0.2) is 21.6 Å². The van der Waals surface area contributed by atoms with Crippen LogP contribution < -0.4 is 16.8 Å². The largest absolute Gasteiger partial charge is 0.416 e. The first-order chi connectivity index (χ1) is 16.2. The lowest BCUT2D eigenvalue weighted by atomic mass is 10.1. The number of anilines is 4. The van der Waals surface area contributed by atoms with Crippen LogP contribution in [0.1, 0.15) is 24.6 Å². The lowest BCUT2D eigenvalue weighted by molar-refractivity contribution is -0.137. The zero-order chi connectivity index (χ0) is 24.3. The molecule has 34 heavy (non-hydrogen) atoms. The van der Waals surface area contributed by atoms with Gasteiger partial charge in [0.15, 0.2) is 0 Å². The second-order valence-corrected chi connectivity index (χ2v) is 7.68. The summed E-state index contributed by atoms with van der Waals surface area (Å²) in [6, 6.07) is 13.6. The van der Waals surface area contributed by atoms with Gasteiger partial charge in [-0.3, -0.25) is 4.98 Å². The van der Waals surface area contributed by atoms with Crippen LogP contribution in [0.5, 0.6) is 0 Å². The molecule has 0 bridgehead atoms. The van der Waals surface area contributed by atoms with Gasteiger partial charge in [-0.15, -0.1) is 0 Å². The highest BCUT2D eigenvalue weighted by Gasteiger charge is 2.30. The molecule has 4 rings (SSSR count). The molecule has 0 aliphatic carbocycles. The van der Waals surface area contributed by atoms with Gasteiger partial charge in [-0.25, -0.2) is 4.98 Å². The Hall–Kier alpha value is -3.92. The van der Waals surface area contributed by atoms with Crippen LogP contribution in [-0.2, 0) is 17.5 Å². The molecule has 0 fully saturated rings. The maximum Gasteiger partial charge on any atom is 0.416 e. The van der Waals surface area contributed by atoms with Crippen LogP contribution in [0.3, 0.4) is 0 Å². The number of nitrogens with zero attached hydrogens (tertiary/aromatic N) is 3. The molecule has 2 aromatic heterocycles. The van der Waals surface area contributed by atoms with Crippen molar-refractivity contribution in [2.75, 3.05) is 23.4 Å². The zero-order valence-corrected chi connectivity index (χ0v) is 18.4. The van der Waals surface area contributed by atoms with Crippen molar-refractivity contribution in [3.63, 3.8) is 0 Å². The first-order valence-electron chi connectivity index (χ1n) is 10.6. The molecule has 0 saturated carbocycles. The van der Waals surface area contributed by atoms with Gasteiger partial charge in [0.25, 0.3) is 0 Å². The summed E-state index contributed by atoms with van der Waals surface area (Å²) < 4.78 is 44.1. The van der Waals surface area contributed by atoms with E-state index in [1.54, 1.807) is 12.1 Å². The molecule has 0 aliphatic rings. The second kappa shape index (κ2) is 9.52. The third-order valence-corrected chi connectivity index (χ3v) is 5.02. The van der Waals surface area contributed by atoms with Crippen molar-refractivity contribution >= 4 is 34.0 Å². The Balaban J connectivity index is 1.58. The summed E-state index contributed by atoms with van der Waals surface area (Å²) >= 11 is 0. The Bertz CT molecular complexity index is 1310. The van der Waals surface area contributed by atoms with Gasteiger partial charge in [0, 0.05) is 35.0 Å². The highest BCUT2D eigenvalue weighted by molar-refractivity contribution is 5.93. The van der Waals surface area contributed by atoms with Crippen molar-refractivity contribution in [1.29, 1.82) is 0 Å². The van der Waals surface area contributed by atoms with E-state index in [4.69, 9.17) is 16.2 Å². The first-order valence-corrected chi connectivity index (χ1v) is 10.6. The van der Waals surface area contributed by atoms with Crippen molar-refractivity contribution < 1.29 is 17.9 Å². The number of alkyl halides is 3. The molecular formula is C24H23F3N6O. The Labute approximate surface area is 194 Å². The average molecular weight is 468 g/mol. The standard InChI is InChI=1S/C24H23F3N6O/c1-2-9-34-13-17-11-19(28)18-10-16(7-8-20(18)30-17)31-22-12-21(32-23(29)33-22)14-3-5-15(6-4-14)24(25,26)27/h3-8,10-12H,2,9,13H2,1H3,(H2,28,30)(H3,29,31,32,33). The maximum atomic E-state index is 12.8. The smallest absolute Gasteiger partial charge is 0.398 e. The Kier molecular flexibility index (Phi) is 6.51. The Morgan fingerprint density at radius 1 is 0.941 bits per heavy atom. The SMILES string of the molecule is CCCOCc1cc(N)c2cc(Nc3cc(-c4ccc(C(F)(F)F)cc4)nc(N)n3)ccc2n1. The summed E-state index contributed by atoms with van der Waals surface area (Å²) in [4.78, 5) is 12.9. The molecule has 0 amide bonds. The molecule has 0 aliphatic heterocycles. The average Bonchev–Trinajstić information content (AvgIpc) is 2.79. The van der Waals surface area contributed by atoms with Gasteiger partial charge < -0.3 is 21.5 Å². The highest BCUT2D eigenvalue weighted by Crippen LogP contribution is 2.32. The normalized spacial score (nSPS) is 11.6. The molecule has 10 heteroatoms. The Morgan fingerprint density at radius 3 is 2.41 bits per heavy atom. The molecule has 2 heterocycles. The van der Waals surface area contributed by atoms with Crippen LogP contribution in [0.15, 0.2) is 54.6 Å². The topological polar surface area (TPSA) is 112 Å². The van der Waals surface area contributed by atoms with Crippen molar-refractivity contribution in [3.8, 4) is 11.3 Å². The quantitative estimate of drug-likeness (QED) is 0.305. The monoisotopic (exact) mass is 468 g/mol. The van der Waals surface area contributed by atoms with Crippen molar-refractivity contribution in [2.24, 2.45) is 0 Å². The summed E-state index contributed by atoms with van der Waals surface area (Å²) in [7, 11) is 0. The molecule has 0 saturated heterocycles. The molecule has 0 spiro atoms. The third kappa shape index (κ3) is 5.34. The van der Waals surface area contributed by atoms with E-state index in [2.05, 4.69) is 20.3 Å². The van der Waals surface area contributed by atoms with Crippen LogP contribution in [0.4, 0.5) is 36.3 Å². The van der Waals surface area contributed by atoms with E-state index in [1.807, 2.05) is 25.1 Å². The van der Waals surface area contributed by atoms with E-state index in [9.17, 15) is 13.2 Å². The number of fused-ring (bicyclic) bond motifs is 1. The first kappa shape index (κ1) is 23.2. The molecule has 0 atom stereocenters. The van der Waals surface area contributed by atoms with Crippen LogP contribution in [0.25, 0.3) is 22.2 Å². The molecular weight excluding hydrogens is 445 g/mol. The van der Waals surface area contributed by atoms with Gasteiger partial charge in [-0.2, -0.15) is 18.2 Å². The highest BCUT2D eigenvalue weighted by atomic mass is 19.4. The number of hydrogen-bond acceptors (Lipinski definition) is 7. The number of nitrogens with two attached hydrogens (primary N) is 2. The number of aromatic nitrogens is 3. The molecule has 5 N–H and O–H groups in total. The molecule has 0 radical (unpaired) electrons. The molecule has 4 aromatic rings. The summed E-state index contributed by atoms with van der Waals surface area (Å²) in [5.41, 5.74) is 15.0. The van der Waals surface area contributed by atoms with E-state index in [0.717, 1.165) is 35.2 Å². The fourth-order valence-corrected chi connectivity index (χ4v) is 3.44. The molecule has 0 unspecified atom stereocenters. The predicted octanol–water partition coefficient (Wildman–Crippen LogP) is 5.55. The van der Waals surface area contributed by atoms with E-state index < -0.39 is 11.7 Å². The van der Waals surface area contributed by atoms with Crippen molar-refractivity contribution in [3.05, 3.63) is 65.9 Å². The number of halogens is 3. The van der Waals surface area contributed by atoms with Gasteiger partial charge in [0.2, 0.25) is 5.95 Å². The van der Waals surface area contributed by atoms with E-state index in [1.165, 1.54) is 12.1 Å². The number of benzene rings is 2. The third-order valence-electron chi connectivity index (χ3n) is 5.02. The van der Waals surface area contributed by atoms with Crippen molar-refractivity contribution in [1.82, 2.24) is 15.0 Å². The number of rotatable bonds is 7. The molecule has 176 valence electrons. The van der Waals surface area contributed by atoms with E-state index in [-0.39, 0.29) is 5.95 Å². The van der Waals surface area contributed by atoms with Gasteiger partial charge in [-0.1, -0.05) is 19.1 Å². The lowest BCUT2D eigenvalue weighted by Gasteiger charge is -2.12. The van der Waals surface area contributed by atoms with Crippen LogP contribution >= 0.6 is 0 Å². The van der Waals surface area contributed by atoms with Gasteiger partial charge >= 0.3 is 6.18 Å². The summed E-state index contributed by atoms with van der Waals surface area (Å²) in [6.45, 7) is 3.08. The zero-order valence-electron chi connectivity index (χ0n) is 18.4. The number of pyridine rings is 1. The van der Waals surface area contributed by atoms with E-state index in [0.29, 0.717) is 41.7 Å². The number of hydrogen-bond donors (Lipinski definition) is 3. The van der Waals surface area contributed by atoms with Gasteiger partial charge in [0.1, 0.15) is 5.82 Å². The molecule has 7 nitrogen and oxygen atoms in total. The predicted molar refractivity (Wildman–Crippen MR) is 126 cm³/mol. The minimum Gasteiger partial charge on any atom is -0.398 e. The molecule has 2 aromatic carbocycles. The lowest BCUT2D eigenvalue weighted by Crippen LogP contribution is -2.05. The van der Waals surface area contributed by atoms with Crippen molar-refractivity contribution in [2.45, 2.75) is 26.1 Å². The van der Waals surface area contributed by atoms with Gasteiger partial charge in [0.05, 0.1) is 29.1 Å². The van der Waals surface area contributed by atoms with Crippen LogP contribution in [0, 0.1) is 0 Å². The van der Waals surface area contributed by atoms with E-state index >= 15 is 0 Å². The summed E-state index contributed by atoms with van der Waals surface area (Å²) in [5, 5.41) is 3.91. The number of nitrogen functional groups attached to an aromatic ring is 2. The minimum absolute atomic E-state index is 0.0152.